The summed E-state index contributed by atoms with van der Waals surface area (Å²) in [6.07, 6.45) is 4.13. The van der Waals surface area contributed by atoms with E-state index in [-0.39, 0.29) is 5.91 Å². The lowest BCUT2D eigenvalue weighted by Crippen LogP contribution is -2.49. The van der Waals surface area contributed by atoms with Crippen LogP contribution in [0.4, 0.5) is 11.6 Å². The smallest absolute Gasteiger partial charge is 0.257 e. The van der Waals surface area contributed by atoms with Gasteiger partial charge in [-0.05, 0) is 44.0 Å². The third kappa shape index (κ3) is 3.85. The van der Waals surface area contributed by atoms with Crippen molar-refractivity contribution in [2.45, 2.75) is 19.8 Å². The molecule has 2 aliphatic heterocycles. The summed E-state index contributed by atoms with van der Waals surface area (Å²) < 4.78 is 1.82. The van der Waals surface area contributed by atoms with Gasteiger partial charge in [0, 0.05) is 39.3 Å². The molecule has 8 heteroatoms. The maximum atomic E-state index is 13.1. The van der Waals surface area contributed by atoms with E-state index in [1.165, 1.54) is 12.8 Å². The van der Waals surface area contributed by atoms with Crippen LogP contribution in [0.15, 0.2) is 48.7 Å². The van der Waals surface area contributed by atoms with Crippen LogP contribution < -0.4 is 9.80 Å². The van der Waals surface area contributed by atoms with Crippen LogP contribution in [0.5, 0.6) is 0 Å². The van der Waals surface area contributed by atoms with Crippen molar-refractivity contribution in [1.82, 2.24) is 24.9 Å². The Morgan fingerprint density at radius 2 is 1.42 bits per heavy atom. The highest BCUT2D eigenvalue weighted by Crippen LogP contribution is 2.21. The first-order valence-electron chi connectivity index (χ1n) is 10.9. The molecule has 0 radical (unpaired) electrons. The Kier molecular flexibility index (Phi) is 5.28. The summed E-state index contributed by atoms with van der Waals surface area (Å²) in [4.78, 5) is 19.5. The number of carbonyl (C=O) groups is 1. The normalized spacial score (nSPS) is 16.7. The summed E-state index contributed by atoms with van der Waals surface area (Å²) in [5, 5.41) is 13.3. The number of benzene rings is 1. The lowest BCUT2D eigenvalue weighted by atomic mass is 10.2. The van der Waals surface area contributed by atoms with E-state index >= 15 is 0 Å². The van der Waals surface area contributed by atoms with Crippen molar-refractivity contribution in [3.63, 3.8) is 0 Å². The van der Waals surface area contributed by atoms with Crippen molar-refractivity contribution in [1.29, 1.82) is 0 Å². The summed E-state index contributed by atoms with van der Waals surface area (Å²) in [6.45, 7) is 6.88. The van der Waals surface area contributed by atoms with Crippen LogP contribution in [-0.4, -0.2) is 70.1 Å². The van der Waals surface area contributed by atoms with Gasteiger partial charge in [0.25, 0.3) is 5.91 Å². The Hall–Kier alpha value is -3.42. The van der Waals surface area contributed by atoms with E-state index in [1.54, 1.807) is 6.20 Å². The van der Waals surface area contributed by atoms with Crippen molar-refractivity contribution in [2.75, 3.05) is 49.1 Å². The molecular formula is C23H27N7O. The summed E-state index contributed by atoms with van der Waals surface area (Å²) in [6, 6.07) is 14.0. The van der Waals surface area contributed by atoms with Gasteiger partial charge in [0.05, 0.1) is 23.1 Å². The summed E-state index contributed by atoms with van der Waals surface area (Å²) >= 11 is 0. The molecule has 1 amide bonds. The fourth-order valence-electron chi connectivity index (χ4n) is 4.36. The van der Waals surface area contributed by atoms with Gasteiger partial charge >= 0.3 is 0 Å². The highest BCUT2D eigenvalue weighted by molar-refractivity contribution is 5.95. The van der Waals surface area contributed by atoms with Gasteiger partial charge < -0.3 is 14.7 Å². The van der Waals surface area contributed by atoms with E-state index < -0.39 is 0 Å². The predicted octanol–water partition coefficient (Wildman–Crippen LogP) is 2.53. The first-order valence-corrected chi connectivity index (χ1v) is 10.9. The van der Waals surface area contributed by atoms with Gasteiger partial charge in [0.1, 0.15) is 0 Å². The van der Waals surface area contributed by atoms with Crippen LogP contribution in [0.25, 0.3) is 5.69 Å². The average molecular weight is 418 g/mol. The molecule has 0 N–H and O–H groups in total. The Balaban J connectivity index is 1.22. The van der Waals surface area contributed by atoms with Crippen molar-refractivity contribution in [2.24, 2.45) is 0 Å². The summed E-state index contributed by atoms with van der Waals surface area (Å²) in [5.74, 6) is 1.87. The van der Waals surface area contributed by atoms with Gasteiger partial charge in [0.15, 0.2) is 11.6 Å². The number of anilines is 2. The molecule has 0 aliphatic carbocycles. The first kappa shape index (κ1) is 19.5. The largest absolute Gasteiger partial charge is 0.355 e. The molecule has 2 fully saturated rings. The number of amides is 1. The molecule has 0 atom stereocenters. The van der Waals surface area contributed by atoms with Gasteiger partial charge in [-0.1, -0.05) is 18.2 Å². The minimum atomic E-state index is 0.0368. The molecular weight excluding hydrogens is 390 g/mol. The average Bonchev–Trinajstić information content (AvgIpc) is 3.50. The SMILES string of the molecule is Cc1c(C(=O)N2CCN(c3ccc(N4CCCC4)nn3)CC2)cnn1-c1ccccc1. The number of nitrogens with zero attached hydrogens (tertiary/aromatic N) is 7. The second-order valence-electron chi connectivity index (χ2n) is 8.11. The fraction of sp³-hybridized carbons (Fsp3) is 0.391. The molecule has 5 rings (SSSR count). The van der Waals surface area contributed by atoms with Crippen molar-refractivity contribution in [3.05, 3.63) is 59.9 Å². The summed E-state index contributed by atoms with van der Waals surface area (Å²) in [7, 11) is 0. The summed E-state index contributed by atoms with van der Waals surface area (Å²) in [5.41, 5.74) is 2.48. The Morgan fingerprint density at radius 3 is 2.03 bits per heavy atom. The third-order valence-corrected chi connectivity index (χ3v) is 6.20. The van der Waals surface area contributed by atoms with Crippen molar-refractivity contribution < 1.29 is 4.79 Å². The molecule has 1 aromatic carbocycles. The van der Waals surface area contributed by atoms with Crippen LogP contribution in [0, 0.1) is 6.92 Å². The first-order chi connectivity index (χ1) is 15.2. The highest BCUT2D eigenvalue weighted by atomic mass is 16.2. The molecule has 2 aliphatic rings. The Labute approximate surface area is 182 Å². The van der Waals surface area contributed by atoms with Gasteiger partial charge in [0.2, 0.25) is 0 Å². The number of hydrogen-bond acceptors (Lipinski definition) is 6. The number of hydrogen-bond donors (Lipinski definition) is 0. The minimum Gasteiger partial charge on any atom is -0.355 e. The van der Waals surface area contributed by atoms with E-state index in [0.717, 1.165) is 49.2 Å². The molecule has 160 valence electrons. The zero-order valence-electron chi connectivity index (χ0n) is 17.8. The molecule has 8 nitrogen and oxygen atoms in total. The van der Waals surface area contributed by atoms with E-state index in [1.807, 2.05) is 52.9 Å². The number of rotatable bonds is 4. The topological polar surface area (TPSA) is 70.4 Å². The monoisotopic (exact) mass is 417 g/mol. The van der Waals surface area contributed by atoms with E-state index in [9.17, 15) is 4.79 Å². The quantitative estimate of drug-likeness (QED) is 0.650. The standard InChI is InChI=1S/C23H27N7O/c1-18-20(17-24-30(18)19-7-3-2-4-8-19)23(31)29-15-13-28(14-16-29)22-10-9-21(25-26-22)27-11-5-6-12-27/h2-4,7-10,17H,5-6,11-16H2,1H3. The lowest BCUT2D eigenvalue weighted by molar-refractivity contribution is 0.0745. The molecule has 0 saturated carbocycles. The van der Waals surface area contributed by atoms with Gasteiger partial charge in [-0.2, -0.15) is 5.10 Å². The second kappa shape index (κ2) is 8.37. The molecule has 2 aromatic heterocycles. The van der Waals surface area contributed by atoms with Crippen LogP contribution in [0.2, 0.25) is 0 Å². The van der Waals surface area contributed by atoms with Crippen molar-refractivity contribution in [3.8, 4) is 5.69 Å². The molecule has 0 spiro atoms. The second-order valence-corrected chi connectivity index (χ2v) is 8.11. The molecule has 31 heavy (non-hydrogen) atoms. The van der Waals surface area contributed by atoms with Gasteiger partial charge in [-0.15, -0.1) is 10.2 Å². The number of aromatic nitrogens is 4. The predicted molar refractivity (Wildman–Crippen MR) is 120 cm³/mol. The molecule has 2 saturated heterocycles. The van der Waals surface area contributed by atoms with E-state index in [4.69, 9.17) is 0 Å². The molecule has 0 bridgehead atoms. The Bertz CT molecular complexity index is 1030. The van der Waals surface area contributed by atoms with E-state index in [2.05, 4.69) is 31.2 Å². The Morgan fingerprint density at radius 1 is 0.806 bits per heavy atom. The molecule has 3 aromatic rings. The van der Waals surface area contributed by atoms with Crippen molar-refractivity contribution >= 4 is 17.5 Å². The van der Waals surface area contributed by atoms with Crippen LogP contribution in [-0.2, 0) is 0 Å². The molecule has 4 heterocycles. The fourth-order valence-corrected chi connectivity index (χ4v) is 4.36. The maximum absolute atomic E-state index is 13.1. The third-order valence-electron chi connectivity index (χ3n) is 6.20. The number of piperazine rings is 1. The zero-order chi connectivity index (χ0) is 21.2. The molecule has 0 unspecified atom stereocenters. The highest BCUT2D eigenvalue weighted by Gasteiger charge is 2.26. The number of carbonyl (C=O) groups excluding carboxylic acids is 1. The van der Waals surface area contributed by atoms with Gasteiger partial charge in [-0.25, -0.2) is 4.68 Å². The number of para-hydroxylation sites is 1. The van der Waals surface area contributed by atoms with Gasteiger partial charge in [-0.3, -0.25) is 4.79 Å². The minimum absolute atomic E-state index is 0.0368. The lowest BCUT2D eigenvalue weighted by Gasteiger charge is -2.35. The van der Waals surface area contributed by atoms with E-state index in [0.29, 0.717) is 18.7 Å². The zero-order valence-corrected chi connectivity index (χ0v) is 17.8. The van der Waals surface area contributed by atoms with Crippen LogP contribution in [0.3, 0.4) is 0 Å². The van der Waals surface area contributed by atoms with Crippen LogP contribution in [0.1, 0.15) is 28.9 Å². The maximum Gasteiger partial charge on any atom is 0.257 e. The van der Waals surface area contributed by atoms with Crippen LogP contribution >= 0.6 is 0 Å².